The Labute approximate surface area is 195 Å². The fourth-order valence-electron chi connectivity index (χ4n) is 4.94. The van der Waals surface area contributed by atoms with E-state index in [0.717, 1.165) is 18.4 Å². The number of amides is 1. The van der Waals surface area contributed by atoms with Crippen LogP contribution in [0.3, 0.4) is 0 Å². The third kappa shape index (κ3) is 4.27. The second kappa shape index (κ2) is 8.67. The SMILES string of the molecule is Cc1ccc(CN(C(=O)c2ccc(N3CCCS3(=O)=O)cc2)C2CCc3ccccc32)cc1. The van der Waals surface area contributed by atoms with Crippen LogP contribution in [0.25, 0.3) is 0 Å². The smallest absolute Gasteiger partial charge is 0.254 e. The number of carbonyl (C=O) groups is 1. The number of carbonyl (C=O) groups excluding carboxylic acids is 1. The van der Waals surface area contributed by atoms with Gasteiger partial charge in [0.05, 0.1) is 17.5 Å². The molecule has 5 rings (SSSR count). The van der Waals surface area contributed by atoms with E-state index in [2.05, 4.69) is 49.4 Å². The van der Waals surface area contributed by atoms with Crippen LogP contribution in [0.4, 0.5) is 5.69 Å². The highest BCUT2D eigenvalue weighted by Crippen LogP contribution is 2.37. The number of sulfonamides is 1. The molecule has 2 aliphatic rings. The molecule has 1 fully saturated rings. The van der Waals surface area contributed by atoms with Gasteiger partial charge in [-0.05, 0) is 67.1 Å². The number of rotatable bonds is 5. The predicted molar refractivity (Wildman–Crippen MR) is 131 cm³/mol. The van der Waals surface area contributed by atoms with Crippen molar-refractivity contribution < 1.29 is 13.2 Å². The molecule has 0 saturated carbocycles. The fraction of sp³-hybridized carbons (Fsp3) is 0.296. The van der Waals surface area contributed by atoms with Crippen LogP contribution in [0.15, 0.2) is 72.8 Å². The predicted octanol–water partition coefficient (Wildman–Crippen LogP) is 4.86. The summed E-state index contributed by atoms with van der Waals surface area (Å²) in [5.41, 5.74) is 6.01. The van der Waals surface area contributed by atoms with Crippen LogP contribution in [-0.2, 0) is 23.0 Å². The molecule has 0 N–H and O–H groups in total. The van der Waals surface area contributed by atoms with Crippen LogP contribution < -0.4 is 4.31 Å². The first-order valence-corrected chi connectivity index (χ1v) is 13.1. The van der Waals surface area contributed by atoms with E-state index in [0.29, 0.717) is 30.8 Å². The molecule has 5 nitrogen and oxygen atoms in total. The van der Waals surface area contributed by atoms with E-state index in [1.165, 1.54) is 21.0 Å². The lowest BCUT2D eigenvalue weighted by molar-refractivity contribution is 0.0658. The van der Waals surface area contributed by atoms with E-state index < -0.39 is 10.0 Å². The lowest BCUT2D eigenvalue weighted by Crippen LogP contribution is -2.33. The van der Waals surface area contributed by atoms with E-state index in [4.69, 9.17) is 0 Å². The molecular formula is C27H28N2O3S. The summed E-state index contributed by atoms with van der Waals surface area (Å²) < 4.78 is 26.0. The number of fused-ring (bicyclic) bond motifs is 1. The molecule has 1 aliphatic heterocycles. The lowest BCUT2D eigenvalue weighted by Gasteiger charge is -2.30. The quantitative estimate of drug-likeness (QED) is 0.546. The van der Waals surface area contributed by atoms with Crippen molar-refractivity contribution in [2.24, 2.45) is 0 Å². The monoisotopic (exact) mass is 460 g/mol. The Morgan fingerprint density at radius 2 is 1.73 bits per heavy atom. The van der Waals surface area contributed by atoms with Crippen LogP contribution in [0.1, 0.15) is 51.5 Å². The van der Waals surface area contributed by atoms with Gasteiger partial charge in [0.25, 0.3) is 5.91 Å². The Morgan fingerprint density at radius 3 is 2.42 bits per heavy atom. The summed E-state index contributed by atoms with van der Waals surface area (Å²) in [6.45, 7) is 3.08. The van der Waals surface area contributed by atoms with Crippen molar-refractivity contribution >= 4 is 21.6 Å². The van der Waals surface area contributed by atoms with Crippen molar-refractivity contribution in [3.05, 3.63) is 101 Å². The van der Waals surface area contributed by atoms with Crippen LogP contribution in [-0.4, -0.2) is 31.5 Å². The maximum absolute atomic E-state index is 13.8. The minimum absolute atomic E-state index is 0.0219. The average molecular weight is 461 g/mol. The first kappa shape index (κ1) is 21.7. The maximum Gasteiger partial charge on any atom is 0.254 e. The third-order valence-corrected chi connectivity index (χ3v) is 8.58. The molecule has 0 aromatic heterocycles. The van der Waals surface area contributed by atoms with Crippen LogP contribution in [0.5, 0.6) is 0 Å². The molecule has 3 aromatic rings. The van der Waals surface area contributed by atoms with Gasteiger partial charge in [-0.25, -0.2) is 8.42 Å². The van der Waals surface area contributed by atoms with Crippen molar-refractivity contribution in [2.75, 3.05) is 16.6 Å². The van der Waals surface area contributed by atoms with Gasteiger partial charge in [0.15, 0.2) is 0 Å². The molecule has 1 unspecified atom stereocenters. The van der Waals surface area contributed by atoms with Gasteiger partial charge in [0, 0.05) is 18.7 Å². The number of hydrogen-bond donors (Lipinski definition) is 0. The summed E-state index contributed by atoms with van der Waals surface area (Å²) in [6.07, 6.45) is 2.50. The Balaban J connectivity index is 1.46. The zero-order chi connectivity index (χ0) is 23.0. The third-order valence-electron chi connectivity index (χ3n) is 6.71. The molecule has 1 atom stereocenters. The highest BCUT2D eigenvalue weighted by atomic mass is 32.2. The van der Waals surface area contributed by atoms with E-state index in [1.54, 1.807) is 24.3 Å². The zero-order valence-electron chi connectivity index (χ0n) is 18.8. The van der Waals surface area contributed by atoms with Crippen molar-refractivity contribution in [3.63, 3.8) is 0 Å². The normalized spacial score (nSPS) is 18.8. The van der Waals surface area contributed by atoms with Crippen molar-refractivity contribution in [1.82, 2.24) is 4.90 Å². The Hall–Kier alpha value is -3.12. The van der Waals surface area contributed by atoms with Gasteiger partial charge in [0.1, 0.15) is 0 Å². The van der Waals surface area contributed by atoms with Gasteiger partial charge in [-0.1, -0.05) is 54.1 Å². The maximum atomic E-state index is 13.8. The van der Waals surface area contributed by atoms with Crippen molar-refractivity contribution in [2.45, 2.75) is 38.8 Å². The van der Waals surface area contributed by atoms with Gasteiger partial charge >= 0.3 is 0 Å². The van der Waals surface area contributed by atoms with Crippen molar-refractivity contribution in [1.29, 1.82) is 0 Å². The van der Waals surface area contributed by atoms with E-state index in [9.17, 15) is 13.2 Å². The molecule has 33 heavy (non-hydrogen) atoms. The summed E-state index contributed by atoms with van der Waals surface area (Å²) in [5.74, 6) is 0.146. The minimum atomic E-state index is -3.24. The van der Waals surface area contributed by atoms with Gasteiger partial charge < -0.3 is 4.90 Å². The lowest BCUT2D eigenvalue weighted by atomic mass is 10.0. The number of hydrogen-bond acceptors (Lipinski definition) is 3. The van der Waals surface area contributed by atoms with E-state index in [-0.39, 0.29) is 17.7 Å². The Morgan fingerprint density at radius 1 is 1.00 bits per heavy atom. The summed E-state index contributed by atoms with van der Waals surface area (Å²) in [5, 5.41) is 0. The minimum Gasteiger partial charge on any atom is -0.327 e. The Kier molecular flexibility index (Phi) is 5.71. The number of aryl methyl sites for hydroxylation is 2. The van der Waals surface area contributed by atoms with E-state index in [1.807, 2.05) is 11.0 Å². The highest BCUT2D eigenvalue weighted by Gasteiger charge is 2.32. The number of benzene rings is 3. The number of nitrogens with zero attached hydrogens (tertiary/aromatic N) is 2. The van der Waals surface area contributed by atoms with Crippen LogP contribution >= 0.6 is 0 Å². The summed E-state index contributed by atoms with van der Waals surface area (Å²) in [4.78, 5) is 15.7. The van der Waals surface area contributed by atoms with Gasteiger partial charge in [0.2, 0.25) is 10.0 Å². The van der Waals surface area contributed by atoms with Gasteiger partial charge in [-0.15, -0.1) is 0 Å². The molecular weight excluding hydrogens is 432 g/mol. The largest absolute Gasteiger partial charge is 0.327 e. The number of anilines is 1. The first-order chi connectivity index (χ1) is 15.9. The van der Waals surface area contributed by atoms with Crippen molar-refractivity contribution in [3.8, 4) is 0 Å². The molecule has 6 heteroatoms. The van der Waals surface area contributed by atoms with Crippen LogP contribution in [0, 0.1) is 6.92 Å². The molecule has 3 aromatic carbocycles. The fourth-order valence-corrected chi connectivity index (χ4v) is 6.50. The summed E-state index contributed by atoms with van der Waals surface area (Å²) in [7, 11) is -3.24. The van der Waals surface area contributed by atoms with Gasteiger partial charge in [-0.2, -0.15) is 0 Å². The average Bonchev–Trinajstić information content (AvgIpc) is 3.41. The van der Waals surface area contributed by atoms with Gasteiger partial charge in [-0.3, -0.25) is 9.10 Å². The highest BCUT2D eigenvalue weighted by molar-refractivity contribution is 7.93. The molecule has 0 radical (unpaired) electrons. The second-order valence-corrected chi connectivity index (χ2v) is 11.0. The Bertz CT molecular complexity index is 1270. The molecule has 1 aliphatic carbocycles. The molecule has 1 amide bonds. The van der Waals surface area contributed by atoms with E-state index >= 15 is 0 Å². The molecule has 170 valence electrons. The topological polar surface area (TPSA) is 57.7 Å². The molecule has 1 saturated heterocycles. The first-order valence-electron chi connectivity index (χ1n) is 11.5. The molecule has 0 spiro atoms. The van der Waals surface area contributed by atoms with Crippen LogP contribution in [0.2, 0.25) is 0 Å². The molecule has 1 heterocycles. The zero-order valence-corrected chi connectivity index (χ0v) is 19.6. The second-order valence-electron chi connectivity index (χ2n) is 8.96. The summed E-state index contributed by atoms with van der Waals surface area (Å²) >= 11 is 0. The summed E-state index contributed by atoms with van der Waals surface area (Å²) in [6, 6.07) is 23.7. The molecule has 0 bridgehead atoms. The standard InChI is InChI=1S/C27H28N2O3S/c1-20-7-9-21(10-8-20)19-28(26-16-13-22-5-2-3-6-25(22)26)27(30)23-11-14-24(15-12-23)29-17-4-18-33(29,31)32/h2-3,5-12,14-15,26H,4,13,16-19H2,1H3.